The maximum absolute atomic E-state index is 10.7. The summed E-state index contributed by atoms with van der Waals surface area (Å²) in [7, 11) is 0. The first kappa shape index (κ1) is 46.5. The van der Waals surface area contributed by atoms with E-state index in [4.69, 9.17) is 47.3 Å². The number of carbonyl (C=O) groups is 4. The summed E-state index contributed by atoms with van der Waals surface area (Å²) in [6.07, 6.45) is 15.5. The van der Waals surface area contributed by atoms with Crippen LogP contribution >= 0.6 is 0 Å². The summed E-state index contributed by atoms with van der Waals surface area (Å²) < 4.78 is 31.4. The standard InChI is InChI=1S/C8H4N2O8.2C8H18N.2H2O.2O.2V/c11-5(12)1-2(6(13)14)10-4(8(17)18)3(9-1)7(15)16;2*1-2-3-4-5-6-7-8-9;;;;;;/h(H,11,12)(H,13,14)(H,15,16)(H,17,18);2*9H,2-8H2,1H3;2*1H2;;;;/q;2*-1;;;;;2*+1/p-2. The fraction of sp³-hybridized carbons (Fsp3) is 0.667. The van der Waals surface area contributed by atoms with Gasteiger partial charge in [0.15, 0.2) is 22.8 Å². The molecule has 1 rings (SSSR count). The third-order valence-electron chi connectivity index (χ3n) is 4.77. The number of carboxylic acids is 4. The van der Waals surface area contributed by atoms with E-state index in [-0.39, 0.29) is 0 Å². The minimum atomic E-state index is -1.83. The average molecular weight is 681 g/mol. The molecule has 0 saturated heterocycles. The number of nitrogens with one attached hydrogen (secondary N) is 2. The molecule has 0 amide bonds. The molecule has 0 fully saturated rings. The Labute approximate surface area is 259 Å². The number of aromatic carboxylic acids is 4. The first-order chi connectivity index (χ1) is 19.9. The van der Waals surface area contributed by atoms with Crippen LogP contribution < -0.4 is 0 Å². The molecule has 0 aliphatic rings. The third-order valence-corrected chi connectivity index (χ3v) is 4.77. The molecular weight excluding hydrogens is 638 g/mol. The van der Waals surface area contributed by atoms with Crippen molar-refractivity contribution in [1.29, 1.82) is 0 Å². The molecule has 0 atom stereocenters. The first-order valence-corrected chi connectivity index (χ1v) is 15.4. The third kappa shape index (κ3) is 29.1. The van der Waals surface area contributed by atoms with Crippen molar-refractivity contribution >= 4 is 23.9 Å². The van der Waals surface area contributed by atoms with Gasteiger partial charge in [-0.25, -0.2) is 29.1 Å². The predicted octanol–water partition coefficient (Wildman–Crippen LogP) is 4.71. The molecule has 0 radical (unpaired) electrons. The Balaban J connectivity index is -0.000000254. The van der Waals surface area contributed by atoms with Gasteiger partial charge in [0.25, 0.3) is 0 Å². The van der Waals surface area contributed by atoms with Crippen molar-refractivity contribution in [3.05, 3.63) is 34.2 Å². The molecular formula is C24H42N4O12V2-2. The number of unbranched alkanes of at least 4 members (excludes halogenated alkanes) is 10. The van der Waals surface area contributed by atoms with Gasteiger partial charge in [0.2, 0.25) is 0 Å². The fourth-order valence-electron chi connectivity index (χ4n) is 2.84. The molecule has 8 N–H and O–H groups in total. The molecule has 18 heteroatoms. The summed E-state index contributed by atoms with van der Waals surface area (Å²) in [6.45, 7) is 5.69. The van der Waals surface area contributed by atoms with Gasteiger partial charge in [0, 0.05) is 0 Å². The molecule has 42 heavy (non-hydrogen) atoms. The normalized spacial score (nSPS) is 9.10. The predicted molar refractivity (Wildman–Crippen MR) is 141 cm³/mol. The van der Waals surface area contributed by atoms with Crippen molar-refractivity contribution in [1.82, 2.24) is 9.97 Å². The first-order valence-electron chi connectivity index (χ1n) is 13.0. The van der Waals surface area contributed by atoms with Crippen LogP contribution in [0.1, 0.15) is 133 Å². The molecule has 0 aliphatic heterocycles. The molecule has 0 unspecified atom stereocenters. The van der Waals surface area contributed by atoms with Gasteiger partial charge < -0.3 is 31.9 Å². The van der Waals surface area contributed by atoms with E-state index >= 15 is 0 Å². The molecule has 0 spiro atoms. The van der Waals surface area contributed by atoms with Gasteiger partial charge >= 0.3 is 72.5 Å². The molecule has 0 aromatic carbocycles. The molecule has 1 aromatic rings. The summed E-state index contributed by atoms with van der Waals surface area (Å²) in [5.41, 5.74) is 9.17. The van der Waals surface area contributed by atoms with E-state index in [1.165, 1.54) is 64.2 Å². The molecule has 0 bridgehead atoms. The number of rotatable bonds is 16. The topological polar surface area (TPSA) is 297 Å². The SMILES string of the molecule is CCCCCCCC[NH-].CCCCCCCC[NH-].O=C(O)c1nc(C(=O)O)c(C(=O)O)nc1C(=O)O.[O]=[V][OH].[O]=[V][OH]. The van der Waals surface area contributed by atoms with Gasteiger partial charge in [-0.2, -0.15) is 13.1 Å². The number of nitrogens with zero attached hydrogens (tertiary/aromatic N) is 2. The number of carboxylic acid groups (broad SMARTS) is 4. The molecule has 0 saturated carbocycles. The summed E-state index contributed by atoms with van der Waals surface area (Å²) in [5, 5.41) is 34.6. The Morgan fingerprint density at radius 3 is 0.881 bits per heavy atom. The van der Waals surface area contributed by atoms with Crippen molar-refractivity contribution in [2.45, 2.75) is 90.9 Å². The zero-order valence-electron chi connectivity index (χ0n) is 23.8. The molecule has 1 heterocycles. The molecule has 1 aromatic heterocycles. The van der Waals surface area contributed by atoms with Crippen molar-refractivity contribution in [2.75, 3.05) is 13.1 Å². The van der Waals surface area contributed by atoms with E-state index < -0.39 is 79.8 Å². The Hall–Kier alpha value is -2.43. The second-order valence-electron chi connectivity index (χ2n) is 8.04. The Morgan fingerprint density at radius 1 is 0.524 bits per heavy atom. The van der Waals surface area contributed by atoms with E-state index in [1.807, 2.05) is 0 Å². The maximum atomic E-state index is 10.7. The van der Waals surface area contributed by atoms with E-state index in [9.17, 15) is 19.2 Å². The van der Waals surface area contributed by atoms with Crippen LogP contribution in [0.2, 0.25) is 0 Å². The van der Waals surface area contributed by atoms with Crippen LogP contribution in [0.4, 0.5) is 0 Å². The van der Waals surface area contributed by atoms with E-state index in [0.29, 0.717) is 13.1 Å². The van der Waals surface area contributed by atoms with Crippen molar-refractivity contribution in [3.8, 4) is 0 Å². The average Bonchev–Trinajstić information content (AvgIpc) is 2.93. The van der Waals surface area contributed by atoms with Gasteiger partial charge in [-0.15, -0.1) is 0 Å². The fourth-order valence-corrected chi connectivity index (χ4v) is 2.84. The second-order valence-corrected chi connectivity index (χ2v) is 8.55. The van der Waals surface area contributed by atoms with E-state index in [0.717, 1.165) is 12.8 Å². The van der Waals surface area contributed by atoms with Crippen LogP contribution in [0.3, 0.4) is 0 Å². The van der Waals surface area contributed by atoms with Crippen LogP contribution in [0.15, 0.2) is 0 Å². The number of hydrogen-bond acceptors (Lipinski definition) is 8. The van der Waals surface area contributed by atoms with Crippen molar-refractivity contribution in [3.63, 3.8) is 0 Å². The molecule has 0 aliphatic carbocycles. The monoisotopic (exact) mass is 680 g/mol. The van der Waals surface area contributed by atoms with Crippen LogP contribution in [-0.4, -0.2) is 75.4 Å². The Kier molecular flexibility index (Phi) is 38.5. The van der Waals surface area contributed by atoms with Gasteiger partial charge in [-0.3, -0.25) is 0 Å². The van der Waals surface area contributed by atoms with E-state index in [2.05, 4.69) is 23.8 Å². The van der Waals surface area contributed by atoms with Gasteiger partial charge in [0.1, 0.15) is 0 Å². The zero-order valence-corrected chi connectivity index (χ0v) is 26.6. The van der Waals surface area contributed by atoms with Crippen LogP contribution in [0.5, 0.6) is 0 Å². The summed E-state index contributed by atoms with van der Waals surface area (Å²) in [6, 6.07) is 0. The zero-order chi connectivity index (χ0) is 33.3. The summed E-state index contributed by atoms with van der Waals surface area (Å²) >= 11 is -3.12. The van der Waals surface area contributed by atoms with E-state index in [1.54, 1.807) is 0 Å². The Morgan fingerprint density at radius 2 is 0.714 bits per heavy atom. The number of aromatic nitrogens is 2. The number of hydrogen-bond donors (Lipinski definition) is 6. The Bertz CT molecular complexity index is 778. The van der Waals surface area contributed by atoms with Gasteiger partial charge in [-0.1, -0.05) is 90.9 Å². The van der Waals surface area contributed by atoms with Crippen LogP contribution in [-0.2, 0) is 40.5 Å². The summed E-state index contributed by atoms with van der Waals surface area (Å²) in [5.74, 6) is -7.34. The minimum absolute atomic E-state index is 0.617. The molecule has 16 nitrogen and oxygen atoms in total. The van der Waals surface area contributed by atoms with Crippen LogP contribution in [0, 0.1) is 0 Å². The van der Waals surface area contributed by atoms with Crippen LogP contribution in [0.25, 0.3) is 11.5 Å². The summed E-state index contributed by atoms with van der Waals surface area (Å²) in [4.78, 5) is 48.7. The second kappa shape index (κ2) is 34.8. The van der Waals surface area contributed by atoms with Crippen molar-refractivity contribution < 1.29 is 88.2 Å². The van der Waals surface area contributed by atoms with Gasteiger partial charge in [0.05, 0.1) is 0 Å². The molecule has 242 valence electrons. The quantitative estimate of drug-likeness (QED) is 0.129. The van der Waals surface area contributed by atoms with Gasteiger partial charge in [-0.05, 0) is 0 Å². The van der Waals surface area contributed by atoms with Crippen molar-refractivity contribution in [2.24, 2.45) is 0 Å².